The monoisotopic (exact) mass is 319 g/mol. The number of nitrogens with zero attached hydrogens (tertiary/aromatic N) is 1. The van der Waals surface area contributed by atoms with E-state index in [1.807, 2.05) is 22.8 Å². The summed E-state index contributed by atoms with van der Waals surface area (Å²) in [5.74, 6) is 0.0258. The molecule has 22 heavy (non-hydrogen) atoms. The average Bonchev–Trinajstić information content (AvgIpc) is 2.91. The van der Waals surface area contributed by atoms with Crippen molar-refractivity contribution >= 4 is 23.4 Å². The van der Waals surface area contributed by atoms with Crippen LogP contribution in [0.15, 0.2) is 42.6 Å². The van der Waals surface area contributed by atoms with E-state index in [1.54, 1.807) is 31.3 Å². The Kier molecular flexibility index (Phi) is 5.78. The number of alkyl halides is 1. The van der Waals surface area contributed by atoms with Gasteiger partial charge in [-0.05, 0) is 13.0 Å². The molecule has 2 aromatic rings. The van der Waals surface area contributed by atoms with Crippen molar-refractivity contribution < 1.29 is 14.3 Å². The first-order valence-electron chi connectivity index (χ1n) is 7.16. The van der Waals surface area contributed by atoms with Crippen molar-refractivity contribution in [2.45, 2.75) is 19.9 Å². The second-order valence-corrected chi connectivity index (χ2v) is 5.16. The Balaban J connectivity index is 2.26. The van der Waals surface area contributed by atoms with Crippen LogP contribution in [0.4, 0.5) is 0 Å². The highest BCUT2D eigenvalue weighted by molar-refractivity contribution is 6.17. The number of aromatic nitrogens is 1. The Morgan fingerprint density at radius 1 is 1.18 bits per heavy atom. The van der Waals surface area contributed by atoms with Crippen molar-refractivity contribution in [3.63, 3.8) is 0 Å². The highest BCUT2D eigenvalue weighted by Gasteiger charge is 2.16. The van der Waals surface area contributed by atoms with Crippen LogP contribution in [0.5, 0.6) is 0 Å². The summed E-state index contributed by atoms with van der Waals surface area (Å²) < 4.78 is 6.80. The number of hydrogen-bond donors (Lipinski definition) is 0. The number of ketones is 1. The van der Waals surface area contributed by atoms with E-state index in [2.05, 4.69) is 0 Å². The maximum absolute atomic E-state index is 12.5. The van der Waals surface area contributed by atoms with Gasteiger partial charge in [0.2, 0.25) is 0 Å². The van der Waals surface area contributed by atoms with E-state index in [9.17, 15) is 9.59 Å². The van der Waals surface area contributed by atoms with E-state index in [0.717, 1.165) is 5.69 Å². The first-order chi connectivity index (χ1) is 10.7. The van der Waals surface area contributed by atoms with Crippen LogP contribution >= 0.6 is 11.6 Å². The summed E-state index contributed by atoms with van der Waals surface area (Å²) in [4.78, 5) is 24.1. The molecule has 1 aromatic heterocycles. The van der Waals surface area contributed by atoms with Crippen LogP contribution in [0, 0.1) is 0 Å². The Morgan fingerprint density at radius 2 is 1.91 bits per heavy atom. The fourth-order valence-electron chi connectivity index (χ4n) is 2.24. The van der Waals surface area contributed by atoms with E-state index in [1.165, 1.54) is 0 Å². The molecule has 0 unspecified atom stereocenters. The van der Waals surface area contributed by atoms with Gasteiger partial charge in [0, 0.05) is 35.4 Å². The summed E-state index contributed by atoms with van der Waals surface area (Å²) in [6.07, 6.45) is 1.87. The van der Waals surface area contributed by atoms with E-state index >= 15 is 0 Å². The third kappa shape index (κ3) is 3.98. The zero-order valence-electron chi connectivity index (χ0n) is 12.4. The number of esters is 1. The third-order valence-electron chi connectivity index (χ3n) is 3.24. The number of ether oxygens (including phenoxy) is 1. The van der Waals surface area contributed by atoms with Gasteiger partial charge in [-0.25, -0.2) is 0 Å². The molecule has 0 aliphatic rings. The van der Waals surface area contributed by atoms with Crippen LogP contribution in [-0.4, -0.2) is 28.8 Å². The number of carbonyl (C=O) groups excluding carboxylic acids is 2. The smallest absolute Gasteiger partial charge is 0.311 e. The lowest BCUT2D eigenvalue weighted by Crippen LogP contribution is -2.12. The van der Waals surface area contributed by atoms with Crippen molar-refractivity contribution in [3.8, 4) is 0 Å². The molecule has 0 fully saturated rings. The molecule has 0 saturated carbocycles. The molecule has 4 nitrogen and oxygen atoms in total. The third-order valence-corrected chi connectivity index (χ3v) is 3.41. The molecule has 0 aliphatic heterocycles. The van der Waals surface area contributed by atoms with Gasteiger partial charge in [-0.15, -0.1) is 11.6 Å². The van der Waals surface area contributed by atoms with Gasteiger partial charge in [-0.2, -0.15) is 0 Å². The number of rotatable bonds is 7. The Bertz CT molecular complexity index is 649. The lowest BCUT2D eigenvalue weighted by atomic mass is 10.1. The number of aryl methyl sites for hydroxylation is 1. The van der Waals surface area contributed by atoms with Crippen LogP contribution in [0.2, 0.25) is 0 Å². The summed E-state index contributed by atoms with van der Waals surface area (Å²) >= 11 is 5.79. The minimum atomic E-state index is -0.310. The molecule has 0 amide bonds. The van der Waals surface area contributed by atoms with Crippen LogP contribution in [0.3, 0.4) is 0 Å². The Labute approximate surface area is 134 Å². The molecule has 0 N–H and O–H groups in total. The van der Waals surface area contributed by atoms with Gasteiger partial charge in [0.15, 0.2) is 5.78 Å². The van der Waals surface area contributed by atoms with E-state index in [-0.39, 0.29) is 18.2 Å². The molecule has 1 heterocycles. The summed E-state index contributed by atoms with van der Waals surface area (Å²) in [6, 6.07) is 10.8. The zero-order chi connectivity index (χ0) is 15.9. The lowest BCUT2D eigenvalue weighted by Gasteiger charge is -2.06. The fraction of sp³-hybridized carbons (Fsp3) is 0.294. The molecule has 0 saturated heterocycles. The van der Waals surface area contributed by atoms with Crippen LogP contribution in [0.1, 0.15) is 28.5 Å². The summed E-state index contributed by atoms with van der Waals surface area (Å²) in [5.41, 5.74) is 1.90. The van der Waals surface area contributed by atoms with Crippen LogP contribution < -0.4 is 0 Å². The predicted octanol–water partition coefficient (Wildman–Crippen LogP) is 3.06. The first-order valence-corrected chi connectivity index (χ1v) is 7.69. The molecule has 5 heteroatoms. The Hall–Kier alpha value is -2.07. The molecule has 0 bridgehead atoms. The normalized spacial score (nSPS) is 10.5. The van der Waals surface area contributed by atoms with Crippen molar-refractivity contribution in [1.82, 2.24) is 4.57 Å². The van der Waals surface area contributed by atoms with E-state index < -0.39 is 0 Å². The largest absolute Gasteiger partial charge is 0.466 e. The second-order valence-electron chi connectivity index (χ2n) is 4.78. The highest BCUT2D eigenvalue weighted by Crippen LogP contribution is 2.15. The Morgan fingerprint density at radius 3 is 2.55 bits per heavy atom. The highest BCUT2D eigenvalue weighted by atomic mass is 35.5. The number of halogens is 1. The molecule has 0 atom stereocenters. The summed E-state index contributed by atoms with van der Waals surface area (Å²) in [6.45, 7) is 2.64. The first kappa shape index (κ1) is 16.3. The fourth-order valence-corrected chi connectivity index (χ4v) is 2.42. The minimum absolute atomic E-state index is 0.0703. The van der Waals surface area contributed by atoms with Crippen LogP contribution in [0.25, 0.3) is 0 Å². The van der Waals surface area contributed by atoms with E-state index in [4.69, 9.17) is 16.3 Å². The van der Waals surface area contributed by atoms with Gasteiger partial charge in [-0.3, -0.25) is 9.59 Å². The van der Waals surface area contributed by atoms with Gasteiger partial charge in [-0.1, -0.05) is 30.3 Å². The summed E-state index contributed by atoms with van der Waals surface area (Å²) in [5, 5.41) is 0. The van der Waals surface area contributed by atoms with Gasteiger partial charge in [0.1, 0.15) is 0 Å². The molecule has 0 radical (unpaired) electrons. The number of hydrogen-bond acceptors (Lipinski definition) is 3. The van der Waals surface area contributed by atoms with Crippen LogP contribution in [-0.2, 0) is 22.5 Å². The molecule has 0 aliphatic carbocycles. The quantitative estimate of drug-likeness (QED) is 0.448. The number of carbonyl (C=O) groups is 2. The van der Waals surface area contributed by atoms with Crippen molar-refractivity contribution in [2.75, 3.05) is 12.5 Å². The number of benzene rings is 1. The maximum Gasteiger partial charge on any atom is 0.311 e. The lowest BCUT2D eigenvalue weighted by molar-refractivity contribution is -0.142. The van der Waals surface area contributed by atoms with Gasteiger partial charge < -0.3 is 9.30 Å². The van der Waals surface area contributed by atoms with Gasteiger partial charge in [0.25, 0.3) is 0 Å². The molecular weight excluding hydrogens is 302 g/mol. The van der Waals surface area contributed by atoms with Gasteiger partial charge >= 0.3 is 5.97 Å². The topological polar surface area (TPSA) is 48.3 Å². The maximum atomic E-state index is 12.5. The molecule has 0 spiro atoms. The standard InChI is InChI=1S/C17H18ClNO3/c1-2-22-16(20)11-15-10-14(12-19(15)9-8-18)17(21)13-6-4-3-5-7-13/h3-7,10,12H,2,8-9,11H2,1H3. The van der Waals surface area contributed by atoms with Crippen molar-refractivity contribution in [2.24, 2.45) is 0 Å². The zero-order valence-corrected chi connectivity index (χ0v) is 13.2. The van der Waals surface area contributed by atoms with Crippen molar-refractivity contribution in [3.05, 3.63) is 59.4 Å². The second kappa shape index (κ2) is 7.80. The van der Waals surface area contributed by atoms with Gasteiger partial charge in [0.05, 0.1) is 13.0 Å². The van der Waals surface area contributed by atoms with E-state index in [0.29, 0.717) is 30.2 Å². The minimum Gasteiger partial charge on any atom is -0.466 e. The SMILES string of the molecule is CCOC(=O)Cc1cc(C(=O)c2ccccc2)cn1CCCl. The molecule has 1 aromatic carbocycles. The molecule has 2 rings (SSSR count). The molecule has 116 valence electrons. The summed E-state index contributed by atoms with van der Waals surface area (Å²) in [7, 11) is 0. The predicted molar refractivity (Wildman–Crippen MR) is 85.4 cm³/mol. The average molecular weight is 320 g/mol. The van der Waals surface area contributed by atoms with Crippen molar-refractivity contribution in [1.29, 1.82) is 0 Å². The molecular formula is C17H18ClNO3.